The van der Waals surface area contributed by atoms with E-state index in [9.17, 15) is 4.79 Å². The second-order valence-electron chi connectivity index (χ2n) is 8.09. The Morgan fingerprint density at radius 3 is 2.77 bits per heavy atom. The summed E-state index contributed by atoms with van der Waals surface area (Å²) in [5.74, 6) is 1.53. The number of carbonyl (C=O) groups is 1. The molecular weight excluding hydrogens is 388 g/mol. The van der Waals surface area contributed by atoms with Crippen molar-refractivity contribution in [2.24, 2.45) is 0 Å². The van der Waals surface area contributed by atoms with Crippen LogP contribution in [0.5, 0.6) is 0 Å². The van der Waals surface area contributed by atoms with Crippen LogP contribution in [0.4, 0.5) is 5.82 Å². The molecule has 1 fully saturated rings. The van der Waals surface area contributed by atoms with Crippen molar-refractivity contribution in [2.75, 3.05) is 18.4 Å². The third kappa shape index (κ3) is 4.18. The highest BCUT2D eigenvalue weighted by Gasteiger charge is 2.27. The third-order valence-corrected chi connectivity index (χ3v) is 5.73. The number of fused-ring (bicyclic) bond motifs is 1. The number of rotatable bonds is 5. The molecule has 1 unspecified atom stereocenters. The predicted octanol–water partition coefficient (Wildman–Crippen LogP) is 3.67. The van der Waals surface area contributed by atoms with Gasteiger partial charge in [0.05, 0.1) is 5.56 Å². The molecule has 0 spiro atoms. The largest absolute Gasteiger partial charge is 0.307 e. The van der Waals surface area contributed by atoms with E-state index in [1.807, 2.05) is 35.7 Å². The molecule has 7 nitrogen and oxygen atoms in total. The lowest BCUT2D eigenvalue weighted by molar-refractivity contribution is 0.102. The molecule has 1 atom stereocenters. The van der Waals surface area contributed by atoms with Crippen LogP contribution in [-0.2, 0) is 6.54 Å². The molecule has 7 heteroatoms. The van der Waals surface area contributed by atoms with Gasteiger partial charge < -0.3 is 5.32 Å². The first kappa shape index (κ1) is 19.4. The van der Waals surface area contributed by atoms with E-state index in [1.165, 1.54) is 5.56 Å². The Balaban J connectivity index is 1.33. The van der Waals surface area contributed by atoms with Crippen LogP contribution >= 0.6 is 0 Å². The fraction of sp³-hybridized carbons (Fsp3) is 0.250. The molecule has 1 aliphatic rings. The summed E-state index contributed by atoms with van der Waals surface area (Å²) < 4.78 is 1.95. The molecule has 1 aliphatic heterocycles. The van der Waals surface area contributed by atoms with Gasteiger partial charge in [-0.1, -0.05) is 36.4 Å². The smallest absolute Gasteiger partial charge is 0.258 e. The Hall–Kier alpha value is -3.58. The van der Waals surface area contributed by atoms with Gasteiger partial charge >= 0.3 is 0 Å². The summed E-state index contributed by atoms with van der Waals surface area (Å²) in [5, 5.41) is 11.6. The van der Waals surface area contributed by atoms with Crippen LogP contribution in [0.1, 0.15) is 39.6 Å². The van der Waals surface area contributed by atoms with Crippen molar-refractivity contribution in [1.82, 2.24) is 24.5 Å². The summed E-state index contributed by atoms with van der Waals surface area (Å²) in [4.78, 5) is 19.4. The molecule has 156 valence electrons. The van der Waals surface area contributed by atoms with Gasteiger partial charge in [-0.15, -0.1) is 10.2 Å². The van der Waals surface area contributed by atoms with E-state index in [2.05, 4.69) is 49.7 Å². The zero-order chi connectivity index (χ0) is 21.2. The molecule has 0 saturated carbocycles. The normalized spacial score (nSPS) is 16.6. The summed E-state index contributed by atoms with van der Waals surface area (Å²) in [7, 11) is 0. The Kier molecular flexibility index (Phi) is 5.18. The minimum absolute atomic E-state index is 0.199. The molecule has 4 aromatic rings. The fourth-order valence-electron chi connectivity index (χ4n) is 4.08. The van der Waals surface area contributed by atoms with Crippen LogP contribution in [0.2, 0.25) is 0 Å². The second kappa shape index (κ2) is 8.28. The average Bonchev–Trinajstić information content (AvgIpc) is 3.42. The third-order valence-electron chi connectivity index (χ3n) is 5.73. The first-order chi connectivity index (χ1) is 15.2. The number of anilines is 1. The van der Waals surface area contributed by atoms with Crippen molar-refractivity contribution < 1.29 is 4.79 Å². The maximum Gasteiger partial charge on any atom is 0.258 e. The Bertz CT molecular complexity index is 1200. The Morgan fingerprint density at radius 2 is 1.97 bits per heavy atom. The van der Waals surface area contributed by atoms with E-state index in [0.29, 0.717) is 11.4 Å². The van der Waals surface area contributed by atoms with Gasteiger partial charge in [0.1, 0.15) is 11.6 Å². The van der Waals surface area contributed by atoms with Crippen LogP contribution < -0.4 is 5.32 Å². The Morgan fingerprint density at radius 1 is 1.10 bits per heavy atom. The number of hydrogen-bond donors (Lipinski definition) is 1. The van der Waals surface area contributed by atoms with Gasteiger partial charge in [0.25, 0.3) is 5.91 Å². The first-order valence-electron chi connectivity index (χ1n) is 10.5. The number of hydrogen-bond acceptors (Lipinski definition) is 5. The van der Waals surface area contributed by atoms with Gasteiger partial charge in [0.15, 0.2) is 5.65 Å². The maximum atomic E-state index is 12.7. The van der Waals surface area contributed by atoms with Crippen molar-refractivity contribution in [1.29, 1.82) is 0 Å². The van der Waals surface area contributed by atoms with Crippen LogP contribution in [0, 0.1) is 6.92 Å². The minimum atomic E-state index is -0.199. The molecule has 0 radical (unpaired) electrons. The molecule has 0 aliphatic carbocycles. The van der Waals surface area contributed by atoms with Gasteiger partial charge in [0.2, 0.25) is 0 Å². The fourth-order valence-corrected chi connectivity index (χ4v) is 4.08. The number of nitrogens with zero attached hydrogens (tertiary/aromatic N) is 5. The second-order valence-corrected chi connectivity index (χ2v) is 8.09. The zero-order valence-corrected chi connectivity index (χ0v) is 17.4. The molecule has 1 saturated heterocycles. The molecule has 3 aromatic heterocycles. The molecule has 1 N–H and O–H groups in total. The summed E-state index contributed by atoms with van der Waals surface area (Å²) in [6.07, 6.45) is 4.59. The number of pyridine rings is 2. The van der Waals surface area contributed by atoms with Crippen molar-refractivity contribution in [3.05, 3.63) is 89.5 Å². The summed E-state index contributed by atoms with van der Waals surface area (Å²) in [6, 6.07) is 17.9. The van der Waals surface area contributed by atoms with E-state index in [1.54, 1.807) is 18.3 Å². The van der Waals surface area contributed by atoms with Gasteiger partial charge in [-0.3, -0.25) is 14.1 Å². The molecular formula is C24H24N6O. The van der Waals surface area contributed by atoms with Crippen molar-refractivity contribution in [2.45, 2.75) is 25.8 Å². The topological polar surface area (TPSA) is 75.4 Å². The lowest BCUT2D eigenvalue weighted by Gasteiger charge is -2.15. The quantitative estimate of drug-likeness (QED) is 0.541. The summed E-state index contributed by atoms with van der Waals surface area (Å²) >= 11 is 0. The van der Waals surface area contributed by atoms with E-state index in [4.69, 9.17) is 0 Å². The zero-order valence-electron chi connectivity index (χ0n) is 17.4. The molecule has 31 heavy (non-hydrogen) atoms. The highest BCUT2D eigenvalue weighted by Crippen LogP contribution is 2.27. The van der Waals surface area contributed by atoms with Crippen LogP contribution in [0.25, 0.3) is 5.65 Å². The number of amides is 1. The SMILES string of the molecule is Cc1ccc(NC(=O)c2ccc3nnc(C4CCN(Cc5ccccc5)C4)n3c2)nc1. The highest BCUT2D eigenvalue weighted by atomic mass is 16.1. The van der Waals surface area contributed by atoms with Crippen molar-refractivity contribution >= 4 is 17.4 Å². The molecule has 1 aromatic carbocycles. The first-order valence-corrected chi connectivity index (χ1v) is 10.5. The number of aryl methyl sites for hydroxylation is 1. The van der Waals surface area contributed by atoms with E-state index in [0.717, 1.165) is 43.1 Å². The molecule has 5 rings (SSSR count). The van der Waals surface area contributed by atoms with E-state index >= 15 is 0 Å². The van der Waals surface area contributed by atoms with Crippen LogP contribution in [0.15, 0.2) is 67.0 Å². The maximum absolute atomic E-state index is 12.7. The molecule has 1 amide bonds. The van der Waals surface area contributed by atoms with Gasteiger partial charge in [-0.05, 0) is 49.2 Å². The number of carbonyl (C=O) groups excluding carboxylic acids is 1. The lowest BCUT2D eigenvalue weighted by Crippen LogP contribution is -2.20. The lowest BCUT2D eigenvalue weighted by atomic mass is 10.1. The van der Waals surface area contributed by atoms with Crippen molar-refractivity contribution in [3.8, 4) is 0 Å². The number of aromatic nitrogens is 4. The van der Waals surface area contributed by atoms with Crippen LogP contribution in [0.3, 0.4) is 0 Å². The molecule has 4 heterocycles. The minimum Gasteiger partial charge on any atom is -0.307 e. The van der Waals surface area contributed by atoms with Gasteiger partial charge in [-0.2, -0.15) is 0 Å². The van der Waals surface area contributed by atoms with E-state index < -0.39 is 0 Å². The van der Waals surface area contributed by atoms with Crippen LogP contribution in [-0.4, -0.2) is 43.5 Å². The summed E-state index contributed by atoms with van der Waals surface area (Å²) in [6.45, 7) is 4.85. The number of nitrogens with one attached hydrogen (secondary N) is 1. The molecule has 0 bridgehead atoms. The number of benzene rings is 1. The summed E-state index contributed by atoms with van der Waals surface area (Å²) in [5.41, 5.74) is 3.67. The highest BCUT2D eigenvalue weighted by molar-refractivity contribution is 6.03. The monoisotopic (exact) mass is 412 g/mol. The van der Waals surface area contributed by atoms with Gasteiger partial charge in [-0.25, -0.2) is 4.98 Å². The Labute approximate surface area is 180 Å². The average molecular weight is 412 g/mol. The van der Waals surface area contributed by atoms with Crippen molar-refractivity contribution in [3.63, 3.8) is 0 Å². The predicted molar refractivity (Wildman–Crippen MR) is 119 cm³/mol. The van der Waals surface area contributed by atoms with E-state index in [-0.39, 0.29) is 11.8 Å². The number of likely N-dealkylation sites (tertiary alicyclic amines) is 1. The standard InChI is InChI=1S/C24H24N6O/c1-17-7-9-21(25-13-17)26-24(31)20-8-10-22-27-28-23(30(22)16-20)19-11-12-29(15-19)14-18-5-3-2-4-6-18/h2-10,13,16,19H,11-12,14-15H2,1H3,(H,25,26,31). The van der Waals surface area contributed by atoms with Gasteiger partial charge in [0, 0.05) is 31.4 Å².